The lowest BCUT2D eigenvalue weighted by Gasteiger charge is -2.28. The molecule has 0 aromatic heterocycles. The molecule has 3 N–H and O–H groups in total. The molecule has 3 rings (SSSR count). The molecule has 1 heterocycles. The van der Waals surface area contributed by atoms with E-state index in [1.165, 1.54) is 11.0 Å². The van der Waals surface area contributed by atoms with Crippen molar-refractivity contribution in [3.63, 3.8) is 0 Å². The number of carbonyl (C=O) groups excluding carboxylic acids is 2. The molecule has 0 aliphatic carbocycles. The first-order valence-electron chi connectivity index (χ1n) is 8.52. The van der Waals surface area contributed by atoms with Gasteiger partial charge >= 0.3 is 6.03 Å². The Hall–Kier alpha value is -2.38. The first-order valence-corrected chi connectivity index (χ1v) is 9.27. The topological polar surface area (TPSA) is 75.4 Å². The van der Waals surface area contributed by atoms with Crippen molar-refractivity contribution in [3.8, 4) is 0 Å². The van der Waals surface area contributed by atoms with Crippen LogP contribution in [0.15, 0.2) is 36.4 Å². The molecule has 3 amide bonds. The Bertz CT molecular complexity index is 909. The van der Waals surface area contributed by atoms with Crippen molar-refractivity contribution >= 4 is 35.1 Å². The van der Waals surface area contributed by atoms with Crippen LogP contribution in [0.3, 0.4) is 0 Å². The maximum absolute atomic E-state index is 14.7. The lowest BCUT2D eigenvalue weighted by atomic mass is 9.97. The van der Waals surface area contributed by atoms with Gasteiger partial charge in [-0.3, -0.25) is 4.79 Å². The molecule has 148 valence electrons. The minimum atomic E-state index is -0.932. The standard InChI is InChI=1S/C19H17Cl2F2N3O2/c20-11-4-1-10(2-5-11)3-8-15(12-6-7-13(22)16(21)17(12)23)26-9-14(18(24)27)25-19(26)28/h1-2,4-7,14-15H,3,8-9H2,(H2,24,27)(H,25,28)/t14?,15-/m1/s1. The van der Waals surface area contributed by atoms with Gasteiger partial charge in [0.05, 0.1) is 12.6 Å². The summed E-state index contributed by atoms with van der Waals surface area (Å²) in [4.78, 5) is 25.2. The molecule has 28 heavy (non-hydrogen) atoms. The van der Waals surface area contributed by atoms with Crippen LogP contribution in [0.25, 0.3) is 0 Å². The molecule has 0 radical (unpaired) electrons. The zero-order valence-corrected chi connectivity index (χ0v) is 16.1. The summed E-state index contributed by atoms with van der Waals surface area (Å²) in [6, 6.07) is 7.21. The van der Waals surface area contributed by atoms with Crippen molar-refractivity contribution in [2.24, 2.45) is 5.73 Å². The largest absolute Gasteiger partial charge is 0.368 e. The number of nitrogens with zero attached hydrogens (tertiary/aromatic N) is 1. The second kappa shape index (κ2) is 8.32. The van der Waals surface area contributed by atoms with Crippen molar-refractivity contribution in [2.75, 3.05) is 6.54 Å². The predicted octanol–water partition coefficient (Wildman–Crippen LogP) is 3.82. The molecular weight excluding hydrogens is 411 g/mol. The van der Waals surface area contributed by atoms with Gasteiger partial charge in [-0.15, -0.1) is 0 Å². The Morgan fingerprint density at radius 3 is 2.50 bits per heavy atom. The first kappa shape index (κ1) is 20.4. The monoisotopic (exact) mass is 427 g/mol. The highest BCUT2D eigenvalue weighted by Crippen LogP contribution is 2.34. The summed E-state index contributed by atoms with van der Waals surface area (Å²) < 4.78 is 28.3. The summed E-state index contributed by atoms with van der Waals surface area (Å²) in [6.07, 6.45) is 0.806. The number of urea groups is 1. The normalized spacial score (nSPS) is 17.5. The fourth-order valence-corrected chi connectivity index (χ4v) is 3.52. The Morgan fingerprint density at radius 2 is 1.89 bits per heavy atom. The number of halogens is 4. The third kappa shape index (κ3) is 4.20. The molecule has 2 aromatic rings. The molecule has 9 heteroatoms. The van der Waals surface area contributed by atoms with Crippen LogP contribution >= 0.6 is 23.2 Å². The van der Waals surface area contributed by atoms with Crippen molar-refractivity contribution in [3.05, 3.63) is 69.2 Å². The van der Waals surface area contributed by atoms with E-state index in [0.717, 1.165) is 11.6 Å². The van der Waals surface area contributed by atoms with Gasteiger partial charge in [-0.2, -0.15) is 0 Å². The summed E-state index contributed by atoms with van der Waals surface area (Å²) in [7, 11) is 0. The lowest BCUT2D eigenvalue weighted by molar-refractivity contribution is -0.119. The number of hydrogen-bond acceptors (Lipinski definition) is 2. The quantitative estimate of drug-likeness (QED) is 0.687. The zero-order chi connectivity index (χ0) is 20.4. The maximum Gasteiger partial charge on any atom is 0.318 e. The van der Waals surface area contributed by atoms with E-state index in [-0.39, 0.29) is 12.1 Å². The highest BCUT2D eigenvalue weighted by atomic mass is 35.5. The molecule has 1 unspecified atom stereocenters. The van der Waals surface area contributed by atoms with Crippen LogP contribution in [0.2, 0.25) is 10.0 Å². The van der Waals surface area contributed by atoms with Gasteiger partial charge in [0.1, 0.15) is 22.7 Å². The third-order valence-electron chi connectivity index (χ3n) is 4.70. The molecule has 2 aromatic carbocycles. The van der Waals surface area contributed by atoms with Crippen molar-refractivity contribution in [2.45, 2.75) is 24.9 Å². The van der Waals surface area contributed by atoms with Crippen LogP contribution in [-0.4, -0.2) is 29.4 Å². The van der Waals surface area contributed by atoms with E-state index >= 15 is 0 Å². The summed E-state index contributed by atoms with van der Waals surface area (Å²) in [6.45, 7) is -0.0200. The molecule has 5 nitrogen and oxygen atoms in total. The zero-order valence-electron chi connectivity index (χ0n) is 14.6. The van der Waals surface area contributed by atoms with Crippen molar-refractivity contribution < 1.29 is 18.4 Å². The van der Waals surface area contributed by atoms with Crippen LogP contribution in [0.4, 0.5) is 13.6 Å². The van der Waals surface area contributed by atoms with Gasteiger partial charge in [-0.25, -0.2) is 13.6 Å². The molecule has 1 saturated heterocycles. The van der Waals surface area contributed by atoms with Crippen LogP contribution in [0, 0.1) is 11.6 Å². The van der Waals surface area contributed by atoms with Gasteiger partial charge in [0.25, 0.3) is 0 Å². The molecule has 2 atom stereocenters. The molecule has 0 spiro atoms. The molecule has 0 saturated carbocycles. The number of benzene rings is 2. The number of aryl methyl sites for hydroxylation is 1. The second-order valence-electron chi connectivity index (χ2n) is 6.50. The highest BCUT2D eigenvalue weighted by molar-refractivity contribution is 6.31. The molecule has 0 bridgehead atoms. The van der Waals surface area contributed by atoms with E-state index in [0.29, 0.717) is 17.9 Å². The van der Waals surface area contributed by atoms with Crippen LogP contribution in [0.5, 0.6) is 0 Å². The Kier molecular flexibility index (Phi) is 6.05. The number of nitrogens with two attached hydrogens (primary N) is 1. The number of nitrogens with one attached hydrogen (secondary N) is 1. The van der Waals surface area contributed by atoms with Crippen molar-refractivity contribution in [1.29, 1.82) is 0 Å². The van der Waals surface area contributed by atoms with Gasteiger partial charge in [0.15, 0.2) is 0 Å². The van der Waals surface area contributed by atoms with Crippen LogP contribution in [0.1, 0.15) is 23.6 Å². The smallest absolute Gasteiger partial charge is 0.318 e. The van der Waals surface area contributed by atoms with Gasteiger partial charge in [-0.05, 0) is 36.6 Å². The average molecular weight is 428 g/mol. The van der Waals surface area contributed by atoms with E-state index in [9.17, 15) is 18.4 Å². The Labute approximate surface area is 170 Å². The van der Waals surface area contributed by atoms with Crippen molar-refractivity contribution in [1.82, 2.24) is 10.2 Å². The number of hydrogen-bond donors (Lipinski definition) is 2. The van der Waals surface area contributed by atoms with Gasteiger partial charge in [-0.1, -0.05) is 41.4 Å². The number of amides is 3. The summed E-state index contributed by atoms with van der Waals surface area (Å²) >= 11 is 11.6. The van der Waals surface area contributed by atoms with E-state index in [1.807, 2.05) is 12.1 Å². The van der Waals surface area contributed by atoms with E-state index in [4.69, 9.17) is 28.9 Å². The number of primary amides is 1. The van der Waals surface area contributed by atoms with Gasteiger partial charge in [0, 0.05) is 10.6 Å². The Balaban J connectivity index is 1.92. The molecule has 1 aliphatic rings. The fraction of sp³-hybridized carbons (Fsp3) is 0.263. The first-order chi connectivity index (χ1) is 13.3. The summed E-state index contributed by atoms with van der Waals surface area (Å²) in [5, 5.41) is 2.41. The average Bonchev–Trinajstić information content (AvgIpc) is 3.05. The van der Waals surface area contributed by atoms with E-state index < -0.39 is 40.7 Å². The molecular formula is C19H17Cl2F2N3O2. The lowest BCUT2D eigenvalue weighted by Crippen LogP contribution is -2.39. The van der Waals surface area contributed by atoms with E-state index in [1.54, 1.807) is 12.1 Å². The molecule has 1 fully saturated rings. The minimum absolute atomic E-state index is 0.0200. The Morgan fingerprint density at radius 1 is 1.21 bits per heavy atom. The number of carbonyl (C=O) groups is 2. The second-order valence-corrected chi connectivity index (χ2v) is 7.32. The third-order valence-corrected chi connectivity index (χ3v) is 5.30. The summed E-state index contributed by atoms with van der Waals surface area (Å²) in [5.41, 5.74) is 6.27. The summed E-state index contributed by atoms with van der Waals surface area (Å²) in [5.74, 6) is -2.51. The minimum Gasteiger partial charge on any atom is -0.368 e. The van der Waals surface area contributed by atoms with Crippen LogP contribution < -0.4 is 11.1 Å². The molecule has 1 aliphatic heterocycles. The van der Waals surface area contributed by atoms with E-state index in [2.05, 4.69) is 5.32 Å². The van der Waals surface area contributed by atoms with Crippen LogP contribution in [-0.2, 0) is 11.2 Å². The predicted molar refractivity (Wildman–Crippen MR) is 102 cm³/mol. The SMILES string of the molecule is NC(=O)C1CN([C@H](CCc2ccc(Cl)cc2)c2ccc(F)c(Cl)c2F)C(=O)N1. The fourth-order valence-electron chi connectivity index (χ4n) is 3.22. The number of rotatable bonds is 6. The van der Waals surface area contributed by atoms with Gasteiger partial charge < -0.3 is 16.0 Å². The van der Waals surface area contributed by atoms with Gasteiger partial charge in [0.2, 0.25) is 5.91 Å². The maximum atomic E-state index is 14.7. The highest BCUT2D eigenvalue weighted by Gasteiger charge is 2.38.